The highest BCUT2D eigenvalue weighted by atomic mass is 32.2. The minimum absolute atomic E-state index is 0.0117. The number of nitrogens with zero attached hydrogens (tertiary/aromatic N) is 1. The van der Waals surface area contributed by atoms with Crippen LogP contribution in [0.2, 0.25) is 0 Å². The molecule has 2 N–H and O–H groups in total. The minimum atomic E-state index is -0.557. The zero-order chi connectivity index (χ0) is 26.2. The molecule has 3 aromatic carbocycles. The van der Waals surface area contributed by atoms with E-state index in [4.69, 9.17) is 4.74 Å². The Hall–Kier alpha value is -4.11. The molecule has 0 fully saturated rings. The van der Waals surface area contributed by atoms with Crippen LogP contribution in [0.1, 0.15) is 27.6 Å². The Morgan fingerprint density at radius 2 is 1.70 bits per heavy atom. The first-order chi connectivity index (χ1) is 18.0. The predicted octanol–water partition coefficient (Wildman–Crippen LogP) is 5.12. The number of anilines is 1. The zero-order valence-electron chi connectivity index (χ0n) is 20.2. The maximum absolute atomic E-state index is 13.8. The summed E-state index contributed by atoms with van der Waals surface area (Å²) < 4.78 is 20.8. The molecule has 4 aromatic rings. The van der Waals surface area contributed by atoms with E-state index in [1.807, 2.05) is 35.0 Å². The van der Waals surface area contributed by atoms with Crippen molar-refractivity contribution in [2.45, 2.75) is 18.4 Å². The summed E-state index contributed by atoms with van der Waals surface area (Å²) in [7, 11) is 0. The fraction of sp³-hybridized carbons (Fsp3) is 0.179. The van der Waals surface area contributed by atoms with E-state index in [0.717, 1.165) is 15.8 Å². The van der Waals surface area contributed by atoms with Crippen LogP contribution in [0.4, 0.5) is 10.1 Å². The maximum Gasteiger partial charge on any atom is 0.338 e. The molecule has 1 aromatic heterocycles. The Kier molecular flexibility index (Phi) is 8.58. The SMILES string of the molecule is CCOC(=O)c1ccc(NC(=O)CSc2cn(CCNC(=O)c3ccccc3F)c3ccccc23)cc1. The number of carbonyl (C=O) groups excluding carboxylic acids is 3. The molecule has 4 rings (SSSR count). The fourth-order valence-electron chi connectivity index (χ4n) is 3.79. The van der Waals surface area contributed by atoms with E-state index in [0.29, 0.717) is 30.9 Å². The lowest BCUT2D eigenvalue weighted by Crippen LogP contribution is -2.27. The molecule has 0 saturated heterocycles. The Labute approximate surface area is 218 Å². The van der Waals surface area contributed by atoms with Crippen molar-refractivity contribution in [2.75, 3.05) is 24.2 Å². The van der Waals surface area contributed by atoms with Gasteiger partial charge in [-0.2, -0.15) is 0 Å². The van der Waals surface area contributed by atoms with Crippen LogP contribution in [-0.2, 0) is 16.1 Å². The molecule has 37 heavy (non-hydrogen) atoms. The van der Waals surface area contributed by atoms with Crippen molar-refractivity contribution in [3.63, 3.8) is 0 Å². The smallest absolute Gasteiger partial charge is 0.338 e. The lowest BCUT2D eigenvalue weighted by Gasteiger charge is -2.08. The van der Waals surface area contributed by atoms with Gasteiger partial charge in [0.25, 0.3) is 5.91 Å². The number of rotatable bonds is 10. The van der Waals surface area contributed by atoms with Crippen LogP contribution in [0.15, 0.2) is 83.9 Å². The summed E-state index contributed by atoms with van der Waals surface area (Å²) >= 11 is 1.41. The van der Waals surface area contributed by atoms with Crippen molar-refractivity contribution in [3.05, 3.63) is 95.9 Å². The number of fused-ring (bicyclic) bond motifs is 1. The van der Waals surface area contributed by atoms with Gasteiger partial charge in [0.15, 0.2) is 0 Å². The van der Waals surface area contributed by atoms with Crippen molar-refractivity contribution in [1.29, 1.82) is 0 Å². The first-order valence-corrected chi connectivity index (χ1v) is 12.7. The molecule has 0 aliphatic rings. The largest absolute Gasteiger partial charge is 0.462 e. The van der Waals surface area contributed by atoms with Crippen molar-refractivity contribution in [2.24, 2.45) is 0 Å². The van der Waals surface area contributed by atoms with Gasteiger partial charge in [0, 0.05) is 40.8 Å². The third kappa shape index (κ3) is 6.56. The molecule has 190 valence electrons. The molecule has 0 saturated carbocycles. The van der Waals surface area contributed by atoms with E-state index in [1.165, 1.54) is 23.9 Å². The summed E-state index contributed by atoms with van der Waals surface area (Å²) in [5, 5.41) is 6.59. The van der Waals surface area contributed by atoms with Gasteiger partial charge < -0.3 is 19.9 Å². The first-order valence-electron chi connectivity index (χ1n) is 11.8. The normalized spacial score (nSPS) is 10.8. The number of esters is 1. The molecule has 0 bridgehead atoms. The molecule has 0 spiro atoms. The van der Waals surface area contributed by atoms with E-state index in [2.05, 4.69) is 10.6 Å². The van der Waals surface area contributed by atoms with Gasteiger partial charge >= 0.3 is 5.97 Å². The summed E-state index contributed by atoms with van der Waals surface area (Å²) in [5.41, 5.74) is 2.00. The fourth-order valence-corrected chi connectivity index (χ4v) is 4.68. The molecule has 0 unspecified atom stereocenters. The monoisotopic (exact) mass is 519 g/mol. The number of para-hydroxylation sites is 1. The van der Waals surface area contributed by atoms with Crippen LogP contribution < -0.4 is 10.6 Å². The number of halogens is 1. The van der Waals surface area contributed by atoms with E-state index < -0.39 is 17.7 Å². The quantitative estimate of drug-likeness (QED) is 0.224. The van der Waals surface area contributed by atoms with E-state index in [1.54, 1.807) is 43.3 Å². The molecule has 0 atom stereocenters. The van der Waals surface area contributed by atoms with Gasteiger partial charge in [-0.05, 0) is 49.4 Å². The summed E-state index contributed by atoms with van der Waals surface area (Å²) in [6.45, 7) is 2.85. The first kappa shape index (κ1) is 26.0. The highest BCUT2D eigenvalue weighted by Crippen LogP contribution is 2.30. The molecular formula is C28H26FN3O4S. The highest BCUT2D eigenvalue weighted by molar-refractivity contribution is 8.00. The van der Waals surface area contributed by atoms with Crippen molar-refractivity contribution in [1.82, 2.24) is 9.88 Å². The minimum Gasteiger partial charge on any atom is -0.462 e. The number of ether oxygens (including phenoxy) is 1. The third-order valence-electron chi connectivity index (χ3n) is 5.55. The summed E-state index contributed by atoms with van der Waals surface area (Å²) in [4.78, 5) is 37.6. The van der Waals surface area contributed by atoms with Crippen LogP contribution in [0.5, 0.6) is 0 Å². The van der Waals surface area contributed by atoms with Crippen LogP contribution in [0.3, 0.4) is 0 Å². The molecular weight excluding hydrogens is 493 g/mol. The van der Waals surface area contributed by atoms with Crippen LogP contribution in [0.25, 0.3) is 10.9 Å². The maximum atomic E-state index is 13.8. The van der Waals surface area contributed by atoms with Gasteiger partial charge in [0.2, 0.25) is 5.91 Å². The topological polar surface area (TPSA) is 89.4 Å². The Balaban J connectivity index is 1.35. The third-order valence-corrected chi connectivity index (χ3v) is 6.59. The summed E-state index contributed by atoms with van der Waals surface area (Å²) in [6, 6.07) is 20.2. The second-order valence-electron chi connectivity index (χ2n) is 8.07. The Morgan fingerprint density at radius 3 is 2.46 bits per heavy atom. The average Bonchev–Trinajstić information content (AvgIpc) is 3.26. The summed E-state index contributed by atoms with van der Waals surface area (Å²) in [5.74, 6) is -1.41. The Morgan fingerprint density at radius 1 is 0.973 bits per heavy atom. The molecule has 9 heteroatoms. The van der Waals surface area contributed by atoms with Gasteiger partial charge in [-0.3, -0.25) is 9.59 Å². The number of benzene rings is 3. The number of thioether (sulfide) groups is 1. The number of hydrogen-bond donors (Lipinski definition) is 2. The van der Waals surface area contributed by atoms with Gasteiger partial charge in [0.05, 0.1) is 23.5 Å². The summed E-state index contributed by atoms with van der Waals surface area (Å²) in [6.07, 6.45) is 1.95. The van der Waals surface area contributed by atoms with E-state index in [-0.39, 0.29) is 17.2 Å². The van der Waals surface area contributed by atoms with Gasteiger partial charge in [0.1, 0.15) is 5.82 Å². The van der Waals surface area contributed by atoms with Crippen LogP contribution in [-0.4, -0.2) is 41.3 Å². The predicted molar refractivity (Wildman–Crippen MR) is 142 cm³/mol. The Bertz CT molecular complexity index is 1420. The molecule has 1 heterocycles. The van der Waals surface area contributed by atoms with Crippen molar-refractivity contribution in [3.8, 4) is 0 Å². The highest BCUT2D eigenvalue weighted by Gasteiger charge is 2.13. The second-order valence-corrected chi connectivity index (χ2v) is 9.09. The zero-order valence-corrected chi connectivity index (χ0v) is 21.0. The lowest BCUT2D eigenvalue weighted by molar-refractivity contribution is -0.113. The van der Waals surface area contributed by atoms with E-state index in [9.17, 15) is 18.8 Å². The average molecular weight is 520 g/mol. The van der Waals surface area contributed by atoms with Gasteiger partial charge in [-0.15, -0.1) is 11.8 Å². The number of aromatic nitrogens is 1. The molecule has 2 amide bonds. The number of amides is 2. The lowest BCUT2D eigenvalue weighted by atomic mass is 10.2. The molecule has 0 radical (unpaired) electrons. The van der Waals surface area contributed by atoms with Crippen LogP contribution in [0, 0.1) is 5.82 Å². The number of hydrogen-bond acceptors (Lipinski definition) is 5. The van der Waals surface area contributed by atoms with Crippen molar-refractivity contribution < 1.29 is 23.5 Å². The standard InChI is InChI=1S/C28H26FN3O4S/c1-2-36-28(35)19-11-13-20(14-12-19)31-26(33)18-37-25-17-32(24-10-6-4-8-22(24)25)16-15-30-27(34)21-7-3-5-9-23(21)29/h3-14,17H,2,15-16,18H2,1H3,(H,30,34)(H,31,33). The van der Waals surface area contributed by atoms with E-state index >= 15 is 0 Å². The van der Waals surface area contributed by atoms with Crippen LogP contribution >= 0.6 is 11.8 Å². The number of carbonyl (C=O) groups is 3. The molecule has 0 aliphatic carbocycles. The van der Waals surface area contributed by atoms with Crippen molar-refractivity contribution >= 4 is 46.1 Å². The van der Waals surface area contributed by atoms with Gasteiger partial charge in [-0.1, -0.05) is 30.3 Å². The second kappa shape index (κ2) is 12.2. The molecule has 0 aliphatic heterocycles. The van der Waals surface area contributed by atoms with Gasteiger partial charge in [-0.25, -0.2) is 9.18 Å². The number of nitrogens with one attached hydrogen (secondary N) is 2. The molecule has 7 nitrogen and oxygen atoms in total.